The molecule has 4 atom stereocenters. The Morgan fingerprint density at radius 1 is 1.29 bits per heavy atom. The second-order valence-electron chi connectivity index (χ2n) is 5.37. The highest BCUT2D eigenvalue weighted by Gasteiger charge is 2.44. The highest BCUT2D eigenvalue weighted by Crippen LogP contribution is 2.36. The first-order chi connectivity index (χ1) is 11.6. The van der Waals surface area contributed by atoms with Gasteiger partial charge in [0.15, 0.2) is 6.23 Å². The van der Waals surface area contributed by atoms with E-state index in [1.165, 1.54) is 10.9 Å². The zero-order valence-electron chi connectivity index (χ0n) is 12.2. The molecule has 4 rings (SSSR count). The predicted molar refractivity (Wildman–Crippen MR) is 78.1 cm³/mol. The summed E-state index contributed by atoms with van der Waals surface area (Å²) in [5, 5.41) is 43.6. The molecule has 0 saturated carbocycles. The minimum Gasteiger partial charge on any atom is -0.394 e. The summed E-state index contributed by atoms with van der Waals surface area (Å²) in [6.45, 7) is -0.428. The van der Waals surface area contributed by atoms with Crippen molar-refractivity contribution >= 4 is 16.9 Å². The molecule has 0 aromatic carbocycles. The molecule has 6 N–H and O–H groups in total. The third-order valence-corrected chi connectivity index (χ3v) is 4.02. The number of hydrogen-bond acceptors (Lipinski definition) is 10. The Labute approximate surface area is 133 Å². The van der Waals surface area contributed by atoms with Gasteiger partial charge in [0, 0.05) is 6.20 Å². The van der Waals surface area contributed by atoms with E-state index in [0.717, 1.165) is 0 Å². The number of rotatable bonds is 3. The van der Waals surface area contributed by atoms with Crippen LogP contribution in [0.4, 0.5) is 5.82 Å². The zero-order valence-corrected chi connectivity index (χ0v) is 12.2. The van der Waals surface area contributed by atoms with E-state index in [2.05, 4.69) is 30.6 Å². The van der Waals surface area contributed by atoms with Crippen molar-refractivity contribution in [3.63, 3.8) is 0 Å². The number of nitrogens with zero attached hydrogens (tertiary/aromatic N) is 6. The second kappa shape index (κ2) is 5.45. The van der Waals surface area contributed by atoms with E-state index >= 15 is 0 Å². The van der Waals surface area contributed by atoms with Crippen molar-refractivity contribution in [2.75, 3.05) is 12.3 Å². The molecule has 24 heavy (non-hydrogen) atoms. The highest BCUT2D eigenvalue weighted by atomic mass is 16.6. The lowest BCUT2D eigenvalue weighted by atomic mass is 10.1. The second-order valence-corrected chi connectivity index (χ2v) is 5.37. The lowest BCUT2D eigenvalue weighted by Crippen LogP contribution is -2.33. The van der Waals surface area contributed by atoms with E-state index in [1.807, 2.05) is 0 Å². The van der Waals surface area contributed by atoms with E-state index in [1.54, 1.807) is 6.20 Å². The van der Waals surface area contributed by atoms with Crippen molar-refractivity contribution in [2.45, 2.75) is 24.5 Å². The zero-order chi connectivity index (χ0) is 16.8. The third kappa shape index (κ3) is 2.05. The Bertz CT molecular complexity index is 865. The number of nitrogens with two attached hydrogens (primary N) is 1. The van der Waals surface area contributed by atoms with Gasteiger partial charge >= 0.3 is 0 Å². The maximum absolute atomic E-state index is 10.2. The average molecular weight is 334 g/mol. The molecule has 4 unspecified atom stereocenters. The molecule has 12 nitrogen and oxygen atoms in total. The van der Waals surface area contributed by atoms with Crippen molar-refractivity contribution in [2.24, 2.45) is 0 Å². The molecule has 126 valence electrons. The topological polar surface area (TPSA) is 181 Å². The SMILES string of the molecule is Nc1ncnc2c1c(-c1nn[nH]n1)cn2C1OC(CO)C(O)C1O. The van der Waals surface area contributed by atoms with Crippen LogP contribution in [0.5, 0.6) is 0 Å². The van der Waals surface area contributed by atoms with Gasteiger partial charge in [-0.25, -0.2) is 9.97 Å². The first-order valence-corrected chi connectivity index (χ1v) is 7.09. The first-order valence-electron chi connectivity index (χ1n) is 7.09. The Hall–Kier alpha value is -2.67. The molecular formula is C12H14N8O4. The van der Waals surface area contributed by atoms with Crippen LogP contribution in [0.2, 0.25) is 0 Å². The van der Waals surface area contributed by atoms with Crippen LogP contribution in [0.1, 0.15) is 6.23 Å². The third-order valence-electron chi connectivity index (χ3n) is 4.02. The summed E-state index contributed by atoms with van der Waals surface area (Å²) in [7, 11) is 0. The number of aliphatic hydroxyl groups excluding tert-OH is 3. The molecule has 0 bridgehead atoms. The fraction of sp³-hybridized carbons (Fsp3) is 0.417. The monoisotopic (exact) mass is 334 g/mol. The summed E-state index contributed by atoms with van der Waals surface area (Å²) < 4.78 is 7.05. The molecule has 0 spiro atoms. The van der Waals surface area contributed by atoms with Crippen LogP contribution in [0, 0.1) is 0 Å². The number of hydrogen-bond donors (Lipinski definition) is 5. The Balaban J connectivity index is 1.90. The first kappa shape index (κ1) is 14.9. The number of aromatic amines is 1. The van der Waals surface area contributed by atoms with Gasteiger partial charge in [-0.1, -0.05) is 0 Å². The fourth-order valence-electron chi connectivity index (χ4n) is 2.86. The maximum atomic E-state index is 10.2. The normalized spacial score (nSPS) is 27.1. The van der Waals surface area contributed by atoms with Crippen molar-refractivity contribution in [3.8, 4) is 11.4 Å². The molecule has 1 saturated heterocycles. The molecule has 1 fully saturated rings. The van der Waals surface area contributed by atoms with Gasteiger partial charge < -0.3 is 30.4 Å². The highest BCUT2D eigenvalue weighted by molar-refractivity contribution is 5.99. The van der Waals surface area contributed by atoms with Crippen LogP contribution < -0.4 is 5.73 Å². The predicted octanol–water partition coefficient (Wildman–Crippen LogP) is -2.19. The Morgan fingerprint density at radius 2 is 2.12 bits per heavy atom. The summed E-state index contributed by atoms with van der Waals surface area (Å²) in [6.07, 6.45) is -1.50. The van der Waals surface area contributed by atoms with Gasteiger partial charge in [-0.2, -0.15) is 5.21 Å². The van der Waals surface area contributed by atoms with Gasteiger partial charge in [-0.15, -0.1) is 10.2 Å². The van der Waals surface area contributed by atoms with Crippen molar-refractivity contribution in [1.29, 1.82) is 0 Å². The van der Waals surface area contributed by atoms with Gasteiger partial charge in [-0.05, 0) is 5.21 Å². The molecular weight excluding hydrogens is 320 g/mol. The summed E-state index contributed by atoms with van der Waals surface area (Å²) >= 11 is 0. The number of fused-ring (bicyclic) bond motifs is 1. The van der Waals surface area contributed by atoms with Crippen LogP contribution >= 0.6 is 0 Å². The largest absolute Gasteiger partial charge is 0.394 e. The summed E-state index contributed by atoms with van der Waals surface area (Å²) in [4.78, 5) is 8.14. The molecule has 1 aliphatic rings. The van der Waals surface area contributed by atoms with Crippen LogP contribution in [-0.4, -0.2) is 75.4 Å². The standard InChI is InChI=1S/C12H14N8O4/c13-9-6-4(10-16-18-19-17-10)1-20(11(6)15-3-14-9)12-8(23)7(22)5(2-21)24-12/h1,3,5,7-8,12,21-23H,2H2,(H2,13,14,15)(H,16,17,18,19). The Morgan fingerprint density at radius 3 is 2.79 bits per heavy atom. The number of H-pyrrole nitrogens is 1. The molecule has 3 aromatic rings. The van der Waals surface area contributed by atoms with Crippen LogP contribution in [0.25, 0.3) is 22.4 Å². The minimum atomic E-state index is -1.26. The average Bonchev–Trinajstić information content (AvgIpc) is 3.28. The summed E-state index contributed by atoms with van der Waals surface area (Å²) in [6, 6.07) is 0. The van der Waals surface area contributed by atoms with Gasteiger partial charge in [0.05, 0.1) is 17.6 Å². The van der Waals surface area contributed by atoms with Crippen molar-refractivity contribution < 1.29 is 20.1 Å². The van der Waals surface area contributed by atoms with Crippen LogP contribution in [0.15, 0.2) is 12.5 Å². The quantitative estimate of drug-likeness (QED) is 0.352. The van der Waals surface area contributed by atoms with Crippen LogP contribution in [-0.2, 0) is 4.74 Å². The lowest BCUT2D eigenvalue weighted by Gasteiger charge is -2.17. The fourth-order valence-corrected chi connectivity index (χ4v) is 2.86. The molecule has 1 aliphatic heterocycles. The molecule has 0 aliphatic carbocycles. The minimum absolute atomic E-state index is 0.199. The Kier molecular flexibility index (Phi) is 3.38. The smallest absolute Gasteiger partial charge is 0.207 e. The van der Waals surface area contributed by atoms with Gasteiger partial charge in [-0.3, -0.25) is 0 Å². The van der Waals surface area contributed by atoms with E-state index in [0.29, 0.717) is 16.6 Å². The molecule has 12 heteroatoms. The maximum Gasteiger partial charge on any atom is 0.207 e. The molecule has 3 aromatic heterocycles. The van der Waals surface area contributed by atoms with E-state index in [9.17, 15) is 15.3 Å². The number of aliphatic hydroxyl groups is 3. The number of ether oxygens (including phenoxy) is 1. The van der Waals surface area contributed by atoms with Crippen molar-refractivity contribution in [1.82, 2.24) is 35.2 Å². The van der Waals surface area contributed by atoms with Gasteiger partial charge in [0.1, 0.15) is 36.1 Å². The molecule has 4 heterocycles. The van der Waals surface area contributed by atoms with Crippen molar-refractivity contribution in [3.05, 3.63) is 12.5 Å². The molecule has 0 amide bonds. The van der Waals surface area contributed by atoms with Crippen LogP contribution in [0.3, 0.4) is 0 Å². The number of aromatic nitrogens is 7. The number of nitrogens with one attached hydrogen (secondary N) is 1. The van der Waals surface area contributed by atoms with Gasteiger partial charge in [0.2, 0.25) is 5.82 Å². The summed E-state index contributed by atoms with van der Waals surface area (Å²) in [5.41, 5.74) is 6.81. The number of anilines is 1. The number of nitrogen functional groups attached to an aromatic ring is 1. The van der Waals surface area contributed by atoms with Gasteiger partial charge in [0.25, 0.3) is 0 Å². The molecule has 0 radical (unpaired) electrons. The van der Waals surface area contributed by atoms with E-state index in [-0.39, 0.29) is 11.6 Å². The van der Waals surface area contributed by atoms with E-state index < -0.39 is 31.1 Å². The van der Waals surface area contributed by atoms with E-state index in [4.69, 9.17) is 10.5 Å². The number of tetrazole rings is 1. The lowest BCUT2D eigenvalue weighted by molar-refractivity contribution is -0.0508. The summed E-state index contributed by atoms with van der Waals surface area (Å²) in [5.74, 6) is 0.470.